The molecule has 5 heteroatoms. The molecule has 0 radical (unpaired) electrons. The molecular formula is C6H9NO2S2. The molecule has 0 atom stereocenters. The van der Waals surface area contributed by atoms with Gasteiger partial charge in [0.25, 0.3) is 0 Å². The van der Waals surface area contributed by atoms with Crippen molar-refractivity contribution in [2.45, 2.75) is 6.92 Å². The fourth-order valence-electron chi connectivity index (χ4n) is 0.761. The lowest BCUT2D eigenvalue weighted by Crippen LogP contribution is -2.31. The smallest absolute Gasteiger partial charge is 0.415 e. The van der Waals surface area contributed by atoms with Crippen LogP contribution >= 0.6 is 24.0 Å². The van der Waals surface area contributed by atoms with E-state index in [1.165, 1.54) is 16.7 Å². The molecule has 1 saturated heterocycles. The second kappa shape index (κ2) is 3.92. The number of carbonyl (C=O) groups is 1. The minimum Gasteiger partial charge on any atom is -0.449 e. The molecule has 0 N–H and O–H groups in total. The summed E-state index contributed by atoms with van der Waals surface area (Å²) >= 11 is 6.44. The van der Waals surface area contributed by atoms with Crippen molar-refractivity contribution in [1.82, 2.24) is 4.90 Å². The van der Waals surface area contributed by atoms with E-state index >= 15 is 0 Å². The number of nitrogens with zero attached hydrogens (tertiary/aromatic N) is 1. The molecule has 11 heavy (non-hydrogen) atoms. The first-order valence-electron chi connectivity index (χ1n) is 3.36. The van der Waals surface area contributed by atoms with Crippen molar-refractivity contribution in [3.63, 3.8) is 0 Å². The number of amides is 1. The van der Waals surface area contributed by atoms with Crippen molar-refractivity contribution in [3.8, 4) is 0 Å². The zero-order valence-corrected chi connectivity index (χ0v) is 7.83. The number of hydrogen-bond donors (Lipinski definition) is 0. The van der Waals surface area contributed by atoms with Gasteiger partial charge < -0.3 is 4.74 Å². The van der Waals surface area contributed by atoms with Gasteiger partial charge in [-0.25, -0.2) is 4.79 Å². The van der Waals surface area contributed by atoms with Crippen molar-refractivity contribution in [2.24, 2.45) is 0 Å². The second-order valence-electron chi connectivity index (χ2n) is 1.96. The third-order valence-electron chi connectivity index (χ3n) is 1.25. The van der Waals surface area contributed by atoms with Crippen molar-refractivity contribution < 1.29 is 9.53 Å². The number of rotatable bonds is 1. The van der Waals surface area contributed by atoms with Gasteiger partial charge in [-0.2, -0.15) is 0 Å². The fourth-order valence-corrected chi connectivity index (χ4v) is 1.95. The number of ether oxygens (including phenoxy) is 1. The molecule has 0 aromatic heterocycles. The molecule has 0 aromatic rings. The summed E-state index contributed by atoms with van der Waals surface area (Å²) in [5, 5.41) is 0. The molecule has 0 saturated carbocycles. The van der Waals surface area contributed by atoms with E-state index in [0.717, 1.165) is 5.75 Å². The molecule has 1 aliphatic rings. The Morgan fingerprint density at radius 3 is 3.09 bits per heavy atom. The highest BCUT2D eigenvalue weighted by Gasteiger charge is 2.24. The van der Waals surface area contributed by atoms with Gasteiger partial charge >= 0.3 is 6.09 Å². The Kier molecular flexibility index (Phi) is 3.14. The maximum atomic E-state index is 11.1. The van der Waals surface area contributed by atoms with E-state index in [2.05, 4.69) is 0 Å². The zero-order chi connectivity index (χ0) is 8.27. The molecule has 0 aromatic carbocycles. The lowest BCUT2D eigenvalue weighted by Gasteiger charge is -2.12. The normalized spacial score (nSPS) is 17.2. The average Bonchev–Trinajstić information content (AvgIpc) is 2.36. The zero-order valence-electron chi connectivity index (χ0n) is 6.20. The van der Waals surface area contributed by atoms with E-state index in [9.17, 15) is 4.79 Å². The summed E-state index contributed by atoms with van der Waals surface area (Å²) in [6.07, 6.45) is -0.317. The second-order valence-corrected chi connectivity index (χ2v) is 3.69. The lowest BCUT2D eigenvalue weighted by atomic mass is 10.7. The molecular weight excluding hydrogens is 182 g/mol. The van der Waals surface area contributed by atoms with Gasteiger partial charge in [-0.1, -0.05) is 24.0 Å². The van der Waals surface area contributed by atoms with Crippen LogP contribution in [0.15, 0.2) is 0 Å². The Labute approximate surface area is 75.1 Å². The maximum Gasteiger partial charge on any atom is 0.415 e. The average molecular weight is 191 g/mol. The minimum absolute atomic E-state index is 0.317. The molecule has 1 fully saturated rings. The molecule has 0 spiro atoms. The van der Waals surface area contributed by atoms with Crippen LogP contribution in [0.4, 0.5) is 4.79 Å². The van der Waals surface area contributed by atoms with Gasteiger partial charge in [0.1, 0.15) is 4.32 Å². The molecule has 0 bridgehead atoms. The van der Waals surface area contributed by atoms with E-state index in [1.807, 2.05) is 0 Å². The van der Waals surface area contributed by atoms with Gasteiger partial charge in [0, 0.05) is 12.3 Å². The van der Waals surface area contributed by atoms with Crippen molar-refractivity contribution in [3.05, 3.63) is 0 Å². The summed E-state index contributed by atoms with van der Waals surface area (Å²) in [5.41, 5.74) is 0. The summed E-state index contributed by atoms with van der Waals surface area (Å²) in [6, 6.07) is 0. The molecule has 0 unspecified atom stereocenters. The largest absolute Gasteiger partial charge is 0.449 e. The van der Waals surface area contributed by atoms with Crippen LogP contribution in [0, 0.1) is 0 Å². The first kappa shape index (κ1) is 8.80. The lowest BCUT2D eigenvalue weighted by molar-refractivity contribution is 0.131. The van der Waals surface area contributed by atoms with Crippen LogP contribution in [0.1, 0.15) is 6.92 Å². The van der Waals surface area contributed by atoms with E-state index in [-0.39, 0.29) is 6.09 Å². The van der Waals surface area contributed by atoms with Crippen molar-refractivity contribution in [1.29, 1.82) is 0 Å². The highest BCUT2D eigenvalue weighted by atomic mass is 32.2. The van der Waals surface area contributed by atoms with Crippen molar-refractivity contribution >= 4 is 34.4 Å². The van der Waals surface area contributed by atoms with Gasteiger partial charge in [0.05, 0.1) is 6.61 Å². The molecule has 1 rings (SSSR count). The van der Waals surface area contributed by atoms with Crippen molar-refractivity contribution in [2.75, 3.05) is 18.9 Å². The Hall–Kier alpha value is -0.290. The van der Waals surface area contributed by atoms with Gasteiger partial charge in [0.2, 0.25) is 0 Å². The van der Waals surface area contributed by atoms with Crippen LogP contribution in [-0.4, -0.2) is 34.2 Å². The van der Waals surface area contributed by atoms with Crippen LogP contribution in [0.3, 0.4) is 0 Å². The molecule has 1 heterocycles. The summed E-state index contributed by atoms with van der Waals surface area (Å²) in [4.78, 5) is 12.5. The topological polar surface area (TPSA) is 29.5 Å². The standard InChI is InChI=1S/C6H9NO2S2/c1-2-9-5(8)7-3-4-11-6(7)10/h2-4H2,1H3. The van der Waals surface area contributed by atoms with E-state index in [0.29, 0.717) is 17.5 Å². The number of carbonyl (C=O) groups excluding carboxylic acids is 1. The molecule has 62 valence electrons. The van der Waals surface area contributed by atoms with Crippen LogP contribution in [0.5, 0.6) is 0 Å². The Balaban J connectivity index is 2.46. The van der Waals surface area contributed by atoms with Crippen LogP contribution in [0.25, 0.3) is 0 Å². The Morgan fingerprint density at radius 2 is 2.64 bits per heavy atom. The SMILES string of the molecule is CCOC(=O)N1CCSC1=S. The Morgan fingerprint density at radius 1 is 1.91 bits per heavy atom. The predicted molar refractivity (Wildman–Crippen MR) is 48.8 cm³/mol. The van der Waals surface area contributed by atoms with Gasteiger partial charge in [0.15, 0.2) is 0 Å². The van der Waals surface area contributed by atoms with Gasteiger partial charge in [-0.15, -0.1) is 0 Å². The first-order chi connectivity index (χ1) is 5.25. The van der Waals surface area contributed by atoms with Crippen LogP contribution in [0.2, 0.25) is 0 Å². The predicted octanol–water partition coefficient (Wildman–Crippen LogP) is 1.48. The van der Waals surface area contributed by atoms with Crippen LogP contribution < -0.4 is 0 Å². The summed E-state index contributed by atoms with van der Waals surface area (Å²) in [5.74, 6) is 0.887. The first-order valence-corrected chi connectivity index (χ1v) is 4.76. The highest BCUT2D eigenvalue weighted by molar-refractivity contribution is 8.23. The highest BCUT2D eigenvalue weighted by Crippen LogP contribution is 2.18. The third-order valence-corrected chi connectivity index (χ3v) is 2.68. The van der Waals surface area contributed by atoms with Gasteiger partial charge in [-0.3, -0.25) is 4.90 Å². The molecule has 0 aliphatic carbocycles. The van der Waals surface area contributed by atoms with Crippen LogP contribution in [-0.2, 0) is 4.74 Å². The van der Waals surface area contributed by atoms with E-state index in [1.54, 1.807) is 6.92 Å². The maximum absolute atomic E-state index is 11.1. The minimum atomic E-state index is -0.317. The monoisotopic (exact) mass is 191 g/mol. The van der Waals surface area contributed by atoms with Gasteiger partial charge in [-0.05, 0) is 6.92 Å². The molecule has 1 aliphatic heterocycles. The quantitative estimate of drug-likeness (QED) is 0.587. The summed E-state index contributed by atoms with van der Waals surface area (Å²) in [7, 11) is 0. The summed E-state index contributed by atoms with van der Waals surface area (Å²) in [6.45, 7) is 2.87. The Bertz CT molecular complexity index is 183. The fraction of sp³-hybridized carbons (Fsp3) is 0.667. The molecule has 3 nitrogen and oxygen atoms in total. The van der Waals surface area contributed by atoms with E-state index in [4.69, 9.17) is 17.0 Å². The number of hydrogen-bond acceptors (Lipinski definition) is 4. The molecule has 1 amide bonds. The third kappa shape index (κ3) is 2.07. The summed E-state index contributed by atoms with van der Waals surface area (Å²) < 4.78 is 5.41. The van der Waals surface area contributed by atoms with E-state index < -0.39 is 0 Å². The number of thiocarbonyl (C=S) groups is 1. The number of thioether (sulfide) groups is 1.